The molecule has 2 aromatic carbocycles. The van der Waals surface area contributed by atoms with Gasteiger partial charge in [-0.2, -0.15) is 4.31 Å². The van der Waals surface area contributed by atoms with Gasteiger partial charge in [-0.1, -0.05) is 17.7 Å². The minimum absolute atomic E-state index is 0.0314. The smallest absolute Gasteiger partial charge is 0.243 e. The Bertz CT molecular complexity index is 910. The van der Waals surface area contributed by atoms with Crippen molar-refractivity contribution in [2.45, 2.75) is 17.9 Å². The fourth-order valence-electron chi connectivity index (χ4n) is 2.94. The van der Waals surface area contributed by atoms with Gasteiger partial charge in [0.1, 0.15) is 11.8 Å². The van der Waals surface area contributed by atoms with Crippen molar-refractivity contribution in [3.8, 4) is 5.75 Å². The van der Waals surface area contributed by atoms with Gasteiger partial charge in [0.2, 0.25) is 15.9 Å². The number of benzene rings is 2. The number of hydrogen-bond acceptors (Lipinski definition) is 4. The molecule has 0 saturated carbocycles. The third kappa shape index (κ3) is 6.03. The van der Waals surface area contributed by atoms with E-state index in [4.69, 9.17) is 4.74 Å². The summed E-state index contributed by atoms with van der Waals surface area (Å²) in [5.41, 5.74) is 2.03. The molecular weight excluding hydrogens is 390 g/mol. The maximum absolute atomic E-state index is 12.6. The van der Waals surface area contributed by atoms with Crippen LogP contribution in [0.2, 0.25) is 0 Å². The van der Waals surface area contributed by atoms with Crippen molar-refractivity contribution in [3.05, 3.63) is 59.7 Å². The van der Waals surface area contributed by atoms with Gasteiger partial charge in [0.15, 0.2) is 0 Å². The lowest BCUT2D eigenvalue weighted by Gasteiger charge is -2.23. The number of carbonyl (C=O) groups is 1. The SMILES string of the molecule is COc1ccc([C@H](CNC(=O)CN(C)S(=O)(=O)c2ccc(C)cc2)[NH+](C)C)cc1. The average Bonchev–Trinajstić information content (AvgIpc) is 2.68. The predicted molar refractivity (Wildman–Crippen MR) is 113 cm³/mol. The number of amides is 1. The summed E-state index contributed by atoms with van der Waals surface area (Å²) >= 11 is 0. The summed E-state index contributed by atoms with van der Waals surface area (Å²) in [6, 6.07) is 14.3. The molecule has 0 fully saturated rings. The third-order valence-electron chi connectivity index (χ3n) is 4.81. The summed E-state index contributed by atoms with van der Waals surface area (Å²) in [6.45, 7) is 2.04. The minimum atomic E-state index is -3.71. The standard InChI is InChI=1S/C21H29N3O4S/c1-16-6-12-19(13-7-16)29(26,27)24(4)15-21(25)22-14-20(23(2)3)17-8-10-18(28-5)11-9-17/h6-13,20H,14-15H2,1-5H3,(H,22,25)/p+1/t20-/m0/s1. The molecule has 2 N–H and O–H groups in total. The normalized spacial score (nSPS) is 12.8. The Balaban J connectivity index is 2.00. The predicted octanol–water partition coefficient (Wildman–Crippen LogP) is 0.626. The van der Waals surface area contributed by atoms with Gasteiger partial charge in [-0.15, -0.1) is 0 Å². The molecule has 0 aliphatic rings. The van der Waals surface area contributed by atoms with E-state index in [0.717, 1.165) is 26.1 Å². The Hall–Kier alpha value is -2.42. The number of quaternary nitrogens is 1. The van der Waals surface area contributed by atoms with Crippen molar-refractivity contribution in [2.24, 2.45) is 0 Å². The molecule has 7 nitrogen and oxygen atoms in total. The molecule has 0 bridgehead atoms. The molecule has 1 atom stereocenters. The van der Waals surface area contributed by atoms with E-state index in [0.29, 0.717) is 6.54 Å². The highest BCUT2D eigenvalue weighted by Gasteiger charge is 2.24. The number of methoxy groups -OCH3 is 1. The van der Waals surface area contributed by atoms with E-state index < -0.39 is 10.0 Å². The second kappa shape index (κ2) is 9.87. The molecule has 0 saturated heterocycles. The van der Waals surface area contributed by atoms with Crippen LogP contribution in [0, 0.1) is 6.92 Å². The summed E-state index contributed by atoms with van der Waals surface area (Å²) in [5.74, 6) is 0.427. The van der Waals surface area contributed by atoms with Crippen LogP contribution in [0.15, 0.2) is 53.4 Å². The van der Waals surface area contributed by atoms with Crippen LogP contribution >= 0.6 is 0 Å². The molecule has 0 heterocycles. The van der Waals surface area contributed by atoms with Crippen molar-refractivity contribution in [3.63, 3.8) is 0 Å². The lowest BCUT2D eigenvalue weighted by molar-refractivity contribution is -0.890. The van der Waals surface area contributed by atoms with Gasteiger partial charge in [0, 0.05) is 12.6 Å². The number of nitrogens with zero attached hydrogens (tertiary/aromatic N) is 1. The topological polar surface area (TPSA) is 80.2 Å². The molecule has 0 unspecified atom stereocenters. The highest BCUT2D eigenvalue weighted by atomic mass is 32.2. The molecule has 0 spiro atoms. The summed E-state index contributed by atoms with van der Waals surface area (Å²) in [7, 11) is 3.33. The average molecular weight is 421 g/mol. The number of ether oxygens (including phenoxy) is 1. The van der Waals surface area contributed by atoms with Crippen LogP contribution in [0.4, 0.5) is 0 Å². The monoisotopic (exact) mass is 420 g/mol. The highest BCUT2D eigenvalue weighted by molar-refractivity contribution is 7.89. The lowest BCUT2D eigenvalue weighted by atomic mass is 10.1. The summed E-state index contributed by atoms with van der Waals surface area (Å²) < 4.78 is 31.5. The number of likely N-dealkylation sites (N-methyl/N-ethyl adjacent to an activating group) is 2. The molecule has 0 aliphatic heterocycles. The zero-order valence-corrected chi connectivity index (χ0v) is 18.4. The molecule has 1 amide bonds. The number of nitrogens with one attached hydrogen (secondary N) is 2. The maximum atomic E-state index is 12.6. The van der Waals surface area contributed by atoms with E-state index in [1.807, 2.05) is 45.3 Å². The number of sulfonamides is 1. The van der Waals surface area contributed by atoms with E-state index in [9.17, 15) is 13.2 Å². The van der Waals surface area contributed by atoms with Crippen molar-refractivity contribution in [1.29, 1.82) is 0 Å². The van der Waals surface area contributed by atoms with E-state index in [1.54, 1.807) is 31.4 Å². The second-order valence-electron chi connectivity index (χ2n) is 7.28. The van der Waals surface area contributed by atoms with Crippen LogP contribution < -0.4 is 15.0 Å². The Morgan fingerprint density at radius 1 is 1.10 bits per heavy atom. The summed E-state index contributed by atoms with van der Waals surface area (Å²) in [5, 5.41) is 2.86. The van der Waals surface area contributed by atoms with Gasteiger partial charge in [-0.05, 0) is 43.3 Å². The van der Waals surface area contributed by atoms with Crippen LogP contribution in [0.1, 0.15) is 17.2 Å². The van der Waals surface area contributed by atoms with Crippen molar-refractivity contribution >= 4 is 15.9 Å². The lowest BCUT2D eigenvalue weighted by Crippen LogP contribution is -3.07. The Morgan fingerprint density at radius 2 is 1.69 bits per heavy atom. The molecule has 158 valence electrons. The van der Waals surface area contributed by atoms with Crippen molar-refractivity contribution in [1.82, 2.24) is 9.62 Å². The first-order chi connectivity index (χ1) is 13.6. The molecular formula is C21H30N3O4S+. The molecule has 0 aromatic heterocycles. The number of aryl methyl sites for hydroxylation is 1. The van der Waals surface area contributed by atoms with Crippen LogP contribution in [-0.2, 0) is 14.8 Å². The zero-order valence-electron chi connectivity index (χ0n) is 17.6. The van der Waals surface area contributed by atoms with Gasteiger partial charge in [-0.25, -0.2) is 8.42 Å². The summed E-state index contributed by atoms with van der Waals surface area (Å²) in [6.07, 6.45) is 0. The van der Waals surface area contributed by atoms with Gasteiger partial charge >= 0.3 is 0 Å². The largest absolute Gasteiger partial charge is 0.497 e. The van der Waals surface area contributed by atoms with Gasteiger partial charge in [-0.3, -0.25) is 4.79 Å². The van der Waals surface area contributed by atoms with E-state index in [2.05, 4.69) is 5.32 Å². The quantitative estimate of drug-likeness (QED) is 0.624. The Morgan fingerprint density at radius 3 is 2.21 bits per heavy atom. The van der Waals surface area contributed by atoms with Gasteiger partial charge in [0.05, 0.1) is 39.2 Å². The van der Waals surface area contributed by atoms with E-state index >= 15 is 0 Å². The fourth-order valence-corrected chi connectivity index (χ4v) is 4.07. The highest BCUT2D eigenvalue weighted by Crippen LogP contribution is 2.16. The van der Waals surface area contributed by atoms with Gasteiger partial charge in [0.25, 0.3) is 0 Å². The molecule has 2 aromatic rings. The number of hydrogen-bond donors (Lipinski definition) is 2. The maximum Gasteiger partial charge on any atom is 0.243 e. The first-order valence-corrected chi connectivity index (χ1v) is 10.8. The minimum Gasteiger partial charge on any atom is -0.497 e. The van der Waals surface area contributed by atoms with Crippen molar-refractivity contribution < 1.29 is 22.8 Å². The Kier molecular flexibility index (Phi) is 7.78. The van der Waals surface area contributed by atoms with Crippen LogP contribution in [0.25, 0.3) is 0 Å². The van der Waals surface area contributed by atoms with E-state index in [1.165, 1.54) is 7.05 Å². The van der Waals surface area contributed by atoms with Crippen LogP contribution in [0.5, 0.6) is 5.75 Å². The molecule has 0 aliphatic carbocycles. The molecule has 2 rings (SSSR count). The second-order valence-corrected chi connectivity index (χ2v) is 9.33. The zero-order chi connectivity index (χ0) is 21.6. The first-order valence-electron chi connectivity index (χ1n) is 9.39. The van der Waals surface area contributed by atoms with Crippen LogP contribution in [-0.4, -0.2) is 60.0 Å². The fraction of sp³-hybridized carbons (Fsp3) is 0.381. The molecule has 0 radical (unpaired) electrons. The number of carbonyl (C=O) groups excluding carboxylic acids is 1. The van der Waals surface area contributed by atoms with Crippen molar-refractivity contribution in [2.75, 3.05) is 41.3 Å². The third-order valence-corrected chi connectivity index (χ3v) is 6.63. The number of rotatable bonds is 9. The Labute approximate surface area is 173 Å². The van der Waals surface area contributed by atoms with E-state index in [-0.39, 0.29) is 23.4 Å². The van der Waals surface area contributed by atoms with Gasteiger partial charge < -0.3 is 15.0 Å². The first kappa shape index (κ1) is 22.9. The molecule has 29 heavy (non-hydrogen) atoms. The molecule has 8 heteroatoms. The summed E-state index contributed by atoms with van der Waals surface area (Å²) in [4.78, 5) is 13.7. The van der Waals surface area contributed by atoms with Crippen LogP contribution in [0.3, 0.4) is 0 Å².